The molecule has 2 aromatic carbocycles. The van der Waals surface area contributed by atoms with Crippen LogP contribution in [0.15, 0.2) is 36.4 Å². The van der Waals surface area contributed by atoms with Crippen LogP contribution in [-0.2, 0) is 0 Å². The summed E-state index contributed by atoms with van der Waals surface area (Å²) in [6, 6.07) is 11.3. The van der Waals surface area contributed by atoms with Crippen LogP contribution in [0.2, 0.25) is 0 Å². The van der Waals surface area contributed by atoms with E-state index in [4.69, 9.17) is 0 Å². The molecule has 0 saturated carbocycles. The third kappa shape index (κ3) is 14.2. The van der Waals surface area contributed by atoms with Crippen LogP contribution in [0.5, 0.6) is 0 Å². The van der Waals surface area contributed by atoms with Crippen molar-refractivity contribution >= 4 is 22.9 Å². The van der Waals surface area contributed by atoms with E-state index < -0.39 is 0 Å². The van der Waals surface area contributed by atoms with Crippen LogP contribution in [0, 0.1) is 0 Å². The summed E-state index contributed by atoms with van der Waals surface area (Å²) in [5.41, 5.74) is 3.59. The number of nitrogens with one attached hydrogen (secondary N) is 2. The molecule has 0 saturated heterocycles. The summed E-state index contributed by atoms with van der Waals surface area (Å²) in [5.74, 6) is -0.125. The zero-order valence-electron chi connectivity index (χ0n) is 31.1. The highest BCUT2D eigenvalue weighted by Crippen LogP contribution is 2.36. The minimum Gasteiger partial charge on any atom is -1.00 e. The lowest BCUT2D eigenvalue weighted by Gasteiger charge is -2.30. The van der Waals surface area contributed by atoms with Gasteiger partial charge in [-0.25, -0.2) is 0 Å². The molecule has 0 bridgehead atoms. The minimum atomic E-state index is -0.0627. The van der Waals surface area contributed by atoms with Gasteiger partial charge in [-0.1, -0.05) is 89.5 Å². The van der Waals surface area contributed by atoms with Crippen molar-refractivity contribution in [2.24, 2.45) is 0 Å². The topological polar surface area (TPSA) is 58.2 Å². The number of rotatable bonds is 24. The zero-order chi connectivity index (χ0) is 33.4. The Kier molecular flexibility index (Phi) is 21.1. The number of carbonyl (C=O) groups is 2. The SMILES string of the molecule is CCCCCCCC[N+](C)(C)CCCNc1ccc(NCCC[N+](C)(C)CCCCCCCC)c2c1C(=O)c1ccccc1C2=O.[Br-].[Br-]. The summed E-state index contributed by atoms with van der Waals surface area (Å²) >= 11 is 0. The van der Waals surface area contributed by atoms with Gasteiger partial charge in [-0.05, 0) is 37.8 Å². The Balaban J connectivity index is 0.00000576. The molecule has 0 amide bonds. The van der Waals surface area contributed by atoms with Crippen LogP contribution >= 0.6 is 0 Å². The largest absolute Gasteiger partial charge is 1.00 e. The molecule has 0 heterocycles. The van der Waals surface area contributed by atoms with E-state index in [1.54, 1.807) is 12.1 Å². The highest BCUT2D eigenvalue weighted by Gasteiger charge is 2.34. The minimum absolute atomic E-state index is 0. The summed E-state index contributed by atoms with van der Waals surface area (Å²) in [4.78, 5) is 27.7. The molecule has 0 fully saturated rings. The lowest BCUT2D eigenvalue weighted by molar-refractivity contribution is -0.890. The number of halogens is 2. The van der Waals surface area contributed by atoms with Crippen LogP contribution in [0.25, 0.3) is 0 Å². The molecule has 0 atom stereocenters. The smallest absolute Gasteiger partial charge is 0.196 e. The lowest BCUT2D eigenvalue weighted by atomic mass is 9.82. The normalized spacial score (nSPS) is 12.5. The number of carbonyl (C=O) groups excluding carboxylic acids is 2. The van der Waals surface area contributed by atoms with Gasteiger partial charge in [-0.15, -0.1) is 0 Å². The Hall–Kier alpha value is -1.74. The maximum absolute atomic E-state index is 13.9. The first-order valence-electron chi connectivity index (χ1n) is 18.6. The molecule has 6 nitrogen and oxygen atoms in total. The van der Waals surface area contributed by atoms with Gasteiger partial charge >= 0.3 is 0 Å². The highest BCUT2D eigenvalue weighted by atomic mass is 79.9. The van der Waals surface area contributed by atoms with E-state index in [1.165, 1.54) is 90.1 Å². The van der Waals surface area contributed by atoms with Crippen molar-refractivity contribution in [3.05, 3.63) is 58.7 Å². The number of anilines is 2. The average Bonchev–Trinajstić information content (AvgIpc) is 3.03. The molecule has 8 heteroatoms. The van der Waals surface area contributed by atoms with E-state index in [2.05, 4.69) is 52.7 Å². The van der Waals surface area contributed by atoms with Crippen LogP contribution in [0.1, 0.15) is 136 Å². The average molecular weight is 795 g/mol. The number of hydrogen-bond donors (Lipinski definition) is 2. The molecule has 0 spiro atoms. The Labute approximate surface area is 314 Å². The second-order valence-corrected chi connectivity index (χ2v) is 15.0. The molecule has 3 rings (SSSR count). The fourth-order valence-electron chi connectivity index (χ4n) is 6.84. The van der Waals surface area contributed by atoms with Crippen molar-refractivity contribution in [1.29, 1.82) is 0 Å². The van der Waals surface area contributed by atoms with E-state index >= 15 is 0 Å². The quantitative estimate of drug-likeness (QED) is 0.108. The standard InChI is InChI=1S/C40H64N4O2.2BrH/c1-7-9-11-13-15-19-29-43(3,4)31-21-27-41-35-25-26-36(38-37(35)39(45)33-23-17-18-24-34(33)40(38)46)42-28-22-32-44(5,6)30-20-16-14-12-10-8-2;;/h17-18,23-26H,7-16,19-22,27-32H2,1-6H3;2*1H. The van der Waals surface area contributed by atoms with Crippen LogP contribution in [0.3, 0.4) is 0 Å². The predicted molar refractivity (Wildman–Crippen MR) is 196 cm³/mol. The third-order valence-electron chi connectivity index (χ3n) is 9.82. The number of ketones is 2. The molecular formula is C40H66Br2N4O2. The second-order valence-electron chi connectivity index (χ2n) is 15.0. The fourth-order valence-corrected chi connectivity index (χ4v) is 6.84. The Morgan fingerprint density at radius 2 is 0.812 bits per heavy atom. The first-order valence-corrected chi connectivity index (χ1v) is 18.6. The first-order chi connectivity index (χ1) is 22.1. The Bertz CT molecular complexity index is 1150. The van der Waals surface area contributed by atoms with Crippen LogP contribution in [-0.4, -0.2) is 88.0 Å². The predicted octanol–water partition coefficient (Wildman–Crippen LogP) is 2.95. The maximum Gasteiger partial charge on any atom is 0.196 e. The van der Waals surface area contributed by atoms with Gasteiger partial charge in [0.2, 0.25) is 0 Å². The zero-order valence-corrected chi connectivity index (χ0v) is 34.2. The van der Waals surface area contributed by atoms with Gasteiger partial charge in [0, 0.05) is 48.4 Å². The van der Waals surface area contributed by atoms with Gasteiger partial charge in [0.05, 0.1) is 65.5 Å². The molecule has 2 N–H and O–H groups in total. The molecule has 0 aliphatic heterocycles. The van der Waals surface area contributed by atoms with Gasteiger partial charge in [0.1, 0.15) is 0 Å². The van der Waals surface area contributed by atoms with E-state index in [-0.39, 0.29) is 45.5 Å². The molecular weight excluding hydrogens is 728 g/mol. The first kappa shape index (κ1) is 44.3. The van der Waals surface area contributed by atoms with Gasteiger partial charge < -0.3 is 53.6 Å². The lowest BCUT2D eigenvalue weighted by Crippen LogP contribution is -3.00. The van der Waals surface area contributed by atoms with Crippen molar-refractivity contribution in [3.8, 4) is 0 Å². The molecule has 1 aliphatic rings. The van der Waals surface area contributed by atoms with Gasteiger partial charge in [-0.3, -0.25) is 9.59 Å². The highest BCUT2D eigenvalue weighted by molar-refractivity contribution is 6.31. The van der Waals surface area contributed by atoms with Gasteiger partial charge in [0.25, 0.3) is 0 Å². The Morgan fingerprint density at radius 1 is 0.479 bits per heavy atom. The molecule has 48 heavy (non-hydrogen) atoms. The van der Waals surface area contributed by atoms with Crippen molar-refractivity contribution in [2.75, 3.05) is 78.1 Å². The maximum atomic E-state index is 13.9. The number of quaternary nitrogens is 2. The van der Waals surface area contributed by atoms with E-state index in [0.717, 1.165) is 59.4 Å². The molecule has 1 aliphatic carbocycles. The molecule has 2 aromatic rings. The number of fused-ring (bicyclic) bond motifs is 2. The summed E-state index contributed by atoms with van der Waals surface area (Å²) in [6.07, 6.45) is 17.9. The number of benzene rings is 2. The monoisotopic (exact) mass is 792 g/mol. The summed E-state index contributed by atoms with van der Waals surface area (Å²) in [7, 11) is 9.29. The van der Waals surface area contributed by atoms with Gasteiger partial charge in [0.15, 0.2) is 11.6 Å². The van der Waals surface area contributed by atoms with Crippen molar-refractivity contribution in [1.82, 2.24) is 0 Å². The van der Waals surface area contributed by atoms with Crippen molar-refractivity contribution in [3.63, 3.8) is 0 Å². The summed E-state index contributed by atoms with van der Waals surface area (Å²) in [5, 5.41) is 7.11. The fraction of sp³-hybridized carbons (Fsp3) is 0.650. The number of nitrogens with zero attached hydrogens (tertiary/aromatic N) is 2. The van der Waals surface area contributed by atoms with Crippen molar-refractivity contribution < 1.29 is 52.5 Å². The third-order valence-corrected chi connectivity index (χ3v) is 9.82. The Morgan fingerprint density at radius 3 is 1.19 bits per heavy atom. The number of unbranched alkanes of at least 4 members (excludes halogenated alkanes) is 10. The summed E-state index contributed by atoms with van der Waals surface area (Å²) < 4.78 is 2.02. The molecule has 0 radical (unpaired) electrons. The summed E-state index contributed by atoms with van der Waals surface area (Å²) in [6.45, 7) is 10.6. The van der Waals surface area contributed by atoms with E-state index in [0.29, 0.717) is 22.3 Å². The number of hydrogen-bond acceptors (Lipinski definition) is 4. The molecule has 272 valence electrons. The van der Waals surface area contributed by atoms with E-state index in [9.17, 15) is 9.59 Å². The van der Waals surface area contributed by atoms with E-state index in [1.807, 2.05) is 24.3 Å². The van der Waals surface area contributed by atoms with Gasteiger partial charge in [-0.2, -0.15) is 0 Å². The second kappa shape index (κ2) is 22.9. The molecule has 0 aromatic heterocycles. The van der Waals surface area contributed by atoms with Crippen LogP contribution in [0.4, 0.5) is 11.4 Å². The van der Waals surface area contributed by atoms with Crippen molar-refractivity contribution in [2.45, 2.75) is 104 Å². The molecule has 0 unspecified atom stereocenters. The van der Waals surface area contributed by atoms with Crippen LogP contribution < -0.4 is 44.6 Å².